The summed E-state index contributed by atoms with van der Waals surface area (Å²) in [6.07, 6.45) is 0.690. The van der Waals surface area contributed by atoms with Gasteiger partial charge in [-0.15, -0.1) is 10.2 Å². The summed E-state index contributed by atoms with van der Waals surface area (Å²) in [6.45, 7) is 2.83. The molecule has 0 atom stereocenters. The number of aromatic nitrogens is 2. The third-order valence-corrected chi connectivity index (χ3v) is 3.82. The Labute approximate surface area is 137 Å². The lowest BCUT2D eigenvalue weighted by molar-refractivity contribution is 0.509. The van der Waals surface area contributed by atoms with Gasteiger partial charge in [0, 0.05) is 28.7 Å². The van der Waals surface area contributed by atoms with Crippen LogP contribution in [0.15, 0.2) is 57.4 Å². The monoisotopic (exact) mass is 357 g/mol. The van der Waals surface area contributed by atoms with E-state index < -0.39 is 0 Å². The summed E-state index contributed by atoms with van der Waals surface area (Å²) in [6, 6.07) is 16.0. The molecule has 0 saturated carbocycles. The fraction of sp³-hybridized carbons (Fsp3) is 0.176. The van der Waals surface area contributed by atoms with Crippen LogP contribution in [0.2, 0.25) is 0 Å². The van der Waals surface area contributed by atoms with Crippen LogP contribution < -0.4 is 5.32 Å². The van der Waals surface area contributed by atoms with E-state index in [0.29, 0.717) is 18.2 Å². The first kappa shape index (κ1) is 14.8. The summed E-state index contributed by atoms with van der Waals surface area (Å²) in [5.41, 5.74) is 3.26. The van der Waals surface area contributed by atoms with E-state index >= 15 is 0 Å². The van der Waals surface area contributed by atoms with Gasteiger partial charge in [0.15, 0.2) is 0 Å². The maximum Gasteiger partial charge on any atom is 0.247 e. The van der Waals surface area contributed by atoms with Gasteiger partial charge in [-0.3, -0.25) is 0 Å². The molecule has 0 amide bonds. The molecular formula is C17H16BrN3O. The smallest absolute Gasteiger partial charge is 0.247 e. The van der Waals surface area contributed by atoms with Crippen molar-refractivity contribution in [1.29, 1.82) is 0 Å². The number of hydrogen-bond acceptors (Lipinski definition) is 4. The van der Waals surface area contributed by atoms with Crippen LogP contribution in [0.4, 0.5) is 5.69 Å². The molecule has 0 aliphatic carbocycles. The molecule has 112 valence electrons. The van der Waals surface area contributed by atoms with Crippen LogP contribution in [0, 0.1) is 6.92 Å². The lowest BCUT2D eigenvalue weighted by atomic mass is 10.2. The minimum atomic E-state index is 0.565. The first-order chi connectivity index (χ1) is 10.7. The average Bonchev–Trinajstić information content (AvgIpc) is 2.99. The van der Waals surface area contributed by atoms with E-state index in [1.165, 1.54) is 5.56 Å². The Hall–Kier alpha value is -2.14. The van der Waals surface area contributed by atoms with Crippen molar-refractivity contribution in [3.63, 3.8) is 0 Å². The van der Waals surface area contributed by atoms with Gasteiger partial charge in [0.05, 0.1) is 0 Å². The van der Waals surface area contributed by atoms with E-state index in [1.807, 2.05) is 36.4 Å². The van der Waals surface area contributed by atoms with E-state index in [4.69, 9.17) is 4.42 Å². The fourth-order valence-electron chi connectivity index (χ4n) is 2.18. The van der Waals surface area contributed by atoms with Gasteiger partial charge in [-0.25, -0.2) is 0 Å². The van der Waals surface area contributed by atoms with Crippen LogP contribution in [0.5, 0.6) is 0 Å². The minimum absolute atomic E-state index is 0.565. The number of hydrogen-bond donors (Lipinski definition) is 1. The number of nitrogens with one attached hydrogen (secondary N) is 1. The molecule has 0 fully saturated rings. The molecule has 0 unspecified atom stereocenters. The van der Waals surface area contributed by atoms with Crippen LogP contribution in [0.1, 0.15) is 11.5 Å². The van der Waals surface area contributed by atoms with E-state index in [2.05, 4.69) is 50.5 Å². The Bertz CT molecular complexity index is 756. The van der Waals surface area contributed by atoms with Gasteiger partial charge in [-0.1, -0.05) is 34.1 Å². The van der Waals surface area contributed by atoms with Crippen molar-refractivity contribution in [3.8, 4) is 11.5 Å². The highest BCUT2D eigenvalue weighted by molar-refractivity contribution is 9.10. The van der Waals surface area contributed by atoms with Gasteiger partial charge in [0.2, 0.25) is 11.8 Å². The highest BCUT2D eigenvalue weighted by Gasteiger charge is 2.08. The Morgan fingerprint density at radius 3 is 2.68 bits per heavy atom. The molecule has 0 aliphatic heterocycles. The minimum Gasteiger partial charge on any atom is -0.421 e. The Morgan fingerprint density at radius 2 is 1.91 bits per heavy atom. The summed E-state index contributed by atoms with van der Waals surface area (Å²) in [5, 5.41) is 11.6. The first-order valence-corrected chi connectivity index (χ1v) is 7.89. The molecule has 2 aromatic carbocycles. The maximum absolute atomic E-state index is 5.69. The molecule has 5 heteroatoms. The predicted octanol–water partition coefficient (Wildman–Crippen LogP) is 4.46. The second-order valence-electron chi connectivity index (χ2n) is 5.00. The van der Waals surface area contributed by atoms with Gasteiger partial charge >= 0.3 is 0 Å². The van der Waals surface area contributed by atoms with Crippen molar-refractivity contribution in [2.24, 2.45) is 0 Å². The zero-order valence-electron chi connectivity index (χ0n) is 12.2. The number of benzene rings is 2. The number of rotatable bonds is 5. The molecule has 0 bridgehead atoms. The van der Waals surface area contributed by atoms with Crippen LogP contribution in [0.25, 0.3) is 11.5 Å². The lowest BCUT2D eigenvalue weighted by Crippen LogP contribution is -2.06. The van der Waals surface area contributed by atoms with Crippen LogP contribution in [-0.2, 0) is 6.42 Å². The van der Waals surface area contributed by atoms with Gasteiger partial charge in [-0.2, -0.15) is 0 Å². The van der Waals surface area contributed by atoms with E-state index in [1.54, 1.807) is 0 Å². The summed E-state index contributed by atoms with van der Waals surface area (Å²) < 4.78 is 6.77. The van der Waals surface area contributed by atoms with Crippen molar-refractivity contribution in [2.75, 3.05) is 11.9 Å². The molecule has 22 heavy (non-hydrogen) atoms. The first-order valence-electron chi connectivity index (χ1n) is 7.10. The van der Waals surface area contributed by atoms with Gasteiger partial charge in [0.25, 0.3) is 0 Å². The quantitative estimate of drug-likeness (QED) is 0.732. The topological polar surface area (TPSA) is 51.0 Å². The molecule has 0 saturated heterocycles. The van der Waals surface area contributed by atoms with Crippen LogP contribution in [0.3, 0.4) is 0 Å². The highest BCUT2D eigenvalue weighted by Crippen LogP contribution is 2.20. The van der Waals surface area contributed by atoms with Crippen molar-refractivity contribution in [3.05, 3.63) is 64.5 Å². The zero-order valence-corrected chi connectivity index (χ0v) is 13.8. The third-order valence-electron chi connectivity index (χ3n) is 3.33. The van der Waals surface area contributed by atoms with E-state index in [0.717, 1.165) is 22.3 Å². The third kappa shape index (κ3) is 3.54. The summed E-state index contributed by atoms with van der Waals surface area (Å²) in [4.78, 5) is 0. The molecule has 0 radical (unpaired) electrons. The highest BCUT2D eigenvalue weighted by atomic mass is 79.9. The van der Waals surface area contributed by atoms with Crippen LogP contribution in [-0.4, -0.2) is 16.7 Å². The van der Waals surface area contributed by atoms with Crippen molar-refractivity contribution >= 4 is 21.6 Å². The fourth-order valence-corrected chi connectivity index (χ4v) is 2.66. The van der Waals surface area contributed by atoms with Crippen molar-refractivity contribution in [2.45, 2.75) is 13.3 Å². The number of anilines is 1. The van der Waals surface area contributed by atoms with Crippen LogP contribution >= 0.6 is 15.9 Å². The standard InChI is InChI=1S/C17H16BrN3O/c1-12-11-14(18)7-8-15(12)19-10-9-16-20-21-17(22-16)13-5-3-2-4-6-13/h2-8,11,19H,9-10H2,1H3. The molecular weight excluding hydrogens is 342 g/mol. The van der Waals surface area contributed by atoms with Gasteiger partial charge in [0.1, 0.15) is 0 Å². The Morgan fingerprint density at radius 1 is 1.09 bits per heavy atom. The molecule has 4 nitrogen and oxygen atoms in total. The average molecular weight is 358 g/mol. The molecule has 1 heterocycles. The normalized spacial score (nSPS) is 10.6. The molecule has 1 aromatic heterocycles. The number of aryl methyl sites for hydroxylation is 1. The van der Waals surface area contributed by atoms with Crippen molar-refractivity contribution in [1.82, 2.24) is 10.2 Å². The molecule has 0 spiro atoms. The molecule has 0 aliphatic rings. The molecule has 3 aromatic rings. The second-order valence-corrected chi connectivity index (χ2v) is 5.92. The SMILES string of the molecule is Cc1cc(Br)ccc1NCCc1nnc(-c2ccccc2)o1. The van der Waals surface area contributed by atoms with E-state index in [-0.39, 0.29) is 0 Å². The summed E-state index contributed by atoms with van der Waals surface area (Å²) in [5.74, 6) is 1.21. The predicted molar refractivity (Wildman–Crippen MR) is 90.8 cm³/mol. The van der Waals surface area contributed by atoms with Gasteiger partial charge < -0.3 is 9.73 Å². The number of halogens is 1. The van der Waals surface area contributed by atoms with Gasteiger partial charge in [-0.05, 0) is 42.8 Å². The second kappa shape index (κ2) is 6.75. The number of nitrogens with zero attached hydrogens (tertiary/aromatic N) is 2. The maximum atomic E-state index is 5.69. The largest absolute Gasteiger partial charge is 0.421 e. The summed E-state index contributed by atoms with van der Waals surface area (Å²) >= 11 is 3.47. The summed E-state index contributed by atoms with van der Waals surface area (Å²) in [7, 11) is 0. The zero-order chi connectivity index (χ0) is 15.4. The Balaban J connectivity index is 1.59. The van der Waals surface area contributed by atoms with Crippen molar-refractivity contribution < 1.29 is 4.42 Å². The Kier molecular flexibility index (Phi) is 4.53. The lowest BCUT2D eigenvalue weighted by Gasteiger charge is -2.08. The molecule has 1 N–H and O–H groups in total. The molecule has 3 rings (SSSR count). The van der Waals surface area contributed by atoms with E-state index in [9.17, 15) is 0 Å².